The van der Waals surface area contributed by atoms with Gasteiger partial charge in [-0.05, 0) is 43.6 Å². The summed E-state index contributed by atoms with van der Waals surface area (Å²) < 4.78 is 7.86. The van der Waals surface area contributed by atoms with Gasteiger partial charge in [0, 0.05) is 17.9 Å². The van der Waals surface area contributed by atoms with Crippen LogP contribution in [0.4, 0.5) is 5.00 Å². The zero-order chi connectivity index (χ0) is 21.8. The molecule has 9 heteroatoms. The van der Waals surface area contributed by atoms with Gasteiger partial charge < -0.3 is 14.6 Å². The smallest absolute Gasteiger partial charge is 0.235 e. The van der Waals surface area contributed by atoms with Gasteiger partial charge >= 0.3 is 0 Å². The van der Waals surface area contributed by atoms with Crippen molar-refractivity contribution in [3.05, 3.63) is 21.8 Å². The Morgan fingerprint density at radius 2 is 2.26 bits per heavy atom. The lowest BCUT2D eigenvalue weighted by molar-refractivity contribution is -0.113. The van der Waals surface area contributed by atoms with Crippen LogP contribution < -0.4 is 5.32 Å². The number of carbonyl (C=O) groups is 1. The molecule has 0 radical (unpaired) electrons. The van der Waals surface area contributed by atoms with Crippen molar-refractivity contribution in [1.82, 2.24) is 14.8 Å². The fourth-order valence-electron chi connectivity index (χ4n) is 4.36. The second-order valence-electron chi connectivity index (χ2n) is 8.17. The minimum Gasteiger partial charge on any atom is -0.376 e. The monoisotopic (exact) mass is 459 g/mol. The van der Waals surface area contributed by atoms with Crippen molar-refractivity contribution in [3.8, 4) is 6.07 Å². The average molecular weight is 460 g/mol. The van der Waals surface area contributed by atoms with Crippen molar-refractivity contribution in [1.29, 1.82) is 5.26 Å². The maximum Gasteiger partial charge on any atom is 0.235 e. The van der Waals surface area contributed by atoms with Crippen LogP contribution in [0.5, 0.6) is 0 Å². The fraction of sp³-hybridized carbons (Fsp3) is 0.636. The van der Waals surface area contributed by atoms with Crippen LogP contribution in [-0.2, 0) is 35.3 Å². The number of aromatic nitrogens is 3. The van der Waals surface area contributed by atoms with Crippen molar-refractivity contribution in [3.63, 3.8) is 0 Å². The molecule has 0 bridgehead atoms. The first-order valence-electron chi connectivity index (χ1n) is 11.1. The Morgan fingerprint density at radius 1 is 1.39 bits per heavy atom. The Hall–Kier alpha value is -1.89. The Kier molecular flexibility index (Phi) is 7.31. The zero-order valence-corrected chi connectivity index (χ0v) is 19.8. The molecule has 1 amide bonds. The first-order chi connectivity index (χ1) is 15.1. The number of aryl methyl sites for hydroxylation is 1. The minimum atomic E-state index is -0.114. The van der Waals surface area contributed by atoms with Crippen molar-refractivity contribution >= 4 is 34.0 Å². The van der Waals surface area contributed by atoms with Crippen LogP contribution in [0.2, 0.25) is 0 Å². The number of anilines is 1. The lowest BCUT2D eigenvalue weighted by Crippen LogP contribution is -2.19. The largest absolute Gasteiger partial charge is 0.376 e. The van der Waals surface area contributed by atoms with E-state index in [2.05, 4.69) is 40.0 Å². The van der Waals surface area contributed by atoms with Gasteiger partial charge in [-0.1, -0.05) is 32.0 Å². The van der Waals surface area contributed by atoms with E-state index in [1.54, 1.807) is 11.3 Å². The SMILES string of the molecule is CCc1nnc(SCC(=O)Nc2sc3c(c2C#N)CCC(CC)C3)n1CC1CCCO1. The van der Waals surface area contributed by atoms with E-state index in [1.807, 2.05) is 0 Å². The normalized spacial score (nSPS) is 20.4. The van der Waals surface area contributed by atoms with Gasteiger partial charge in [0.1, 0.15) is 16.9 Å². The first-order valence-corrected chi connectivity index (χ1v) is 12.9. The number of nitriles is 1. The van der Waals surface area contributed by atoms with Gasteiger partial charge in [-0.3, -0.25) is 4.79 Å². The van der Waals surface area contributed by atoms with Gasteiger partial charge in [0.05, 0.1) is 24.0 Å². The summed E-state index contributed by atoms with van der Waals surface area (Å²) in [6.07, 6.45) is 7.35. The van der Waals surface area contributed by atoms with Gasteiger partial charge in [-0.25, -0.2) is 0 Å². The Morgan fingerprint density at radius 3 is 2.97 bits per heavy atom. The van der Waals surface area contributed by atoms with E-state index in [0.29, 0.717) is 16.5 Å². The van der Waals surface area contributed by atoms with Crippen LogP contribution in [0.1, 0.15) is 61.4 Å². The highest BCUT2D eigenvalue weighted by molar-refractivity contribution is 7.99. The third-order valence-corrected chi connectivity index (χ3v) is 8.30. The molecule has 0 spiro atoms. The van der Waals surface area contributed by atoms with Crippen molar-refractivity contribution in [2.45, 2.75) is 76.6 Å². The highest BCUT2D eigenvalue weighted by atomic mass is 32.2. The lowest BCUT2D eigenvalue weighted by atomic mass is 9.86. The van der Waals surface area contributed by atoms with Crippen LogP contribution in [0.25, 0.3) is 0 Å². The Bertz CT molecular complexity index is 971. The van der Waals surface area contributed by atoms with E-state index in [9.17, 15) is 10.1 Å². The van der Waals surface area contributed by atoms with Crippen LogP contribution in [-0.4, -0.2) is 39.1 Å². The van der Waals surface area contributed by atoms with E-state index in [0.717, 1.165) is 74.6 Å². The molecule has 1 aliphatic carbocycles. The number of carbonyl (C=O) groups excluding carboxylic acids is 1. The highest BCUT2D eigenvalue weighted by Gasteiger charge is 2.26. The number of hydrogen-bond donors (Lipinski definition) is 1. The molecule has 7 nitrogen and oxygen atoms in total. The van der Waals surface area contributed by atoms with E-state index in [4.69, 9.17) is 4.74 Å². The summed E-state index contributed by atoms with van der Waals surface area (Å²) in [5, 5.41) is 22.7. The van der Waals surface area contributed by atoms with Gasteiger partial charge in [-0.2, -0.15) is 5.26 Å². The topological polar surface area (TPSA) is 92.8 Å². The Labute approximate surface area is 191 Å². The van der Waals surface area contributed by atoms with Crippen LogP contribution in [0, 0.1) is 17.2 Å². The average Bonchev–Trinajstić information content (AvgIpc) is 3.50. The molecule has 3 heterocycles. The summed E-state index contributed by atoms with van der Waals surface area (Å²) in [5.74, 6) is 1.72. The third kappa shape index (κ3) is 4.97. The second-order valence-corrected chi connectivity index (χ2v) is 10.2. The standard InChI is InChI=1S/C22H29N5O2S2/c1-3-14-7-8-16-17(11-23)21(31-18(16)10-14)24-20(28)13-30-22-26-25-19(4-2)27(22)12-15-6-5-9-29-15/h14-15H,3-10,12-13H2,1-2H3,(H,24,28). The molecule has 4 rings (SSSR count). The molecular weight excluding hydrogens is 430 g/mol. The van der Waals surface area contributed by atoms with Gasteiger partial charge in [-0.15, -0.1) is 21.5 Å². The molecule has 166 valence electrons. The number of thiophene rings is 1. The quantitative estimate of drug-likeness (QED) is 0.595. The van der Waals surface area contributed by atoms with Gasteiger partial charge in [0.2, 0.25) is 5.91 Å². The molecule has 2 aromatic heterocycles. The van der Waals surface area contributed by atoms with E-state index in [1.165, 1.54) is 16.6 Å². The number of rotatable bonds is 8. The van der Waals surface area contributed by atoms with Crippen molar-refractivity contribution in [2.75, 3.05) is 17.7 Å². The number of thioether (sulfide) groups is 1. The fourth-order valence-corrected chi connectivity index (χ4v) is 6.46. The van der Waals surface area contributed by atoms with Gasteiger partial charge in [0.25, 0.3) is 0 Å². The molecule has 0 aromatic carbocycles. The van der Waals surface area contributed by atoms with Crippen LogP contribution in [0.3, 0.4) is 0 Å². The molecule has 2 aliphatic rings. The molecule has 31 heavy (non-hydrogen) atoms. The number of nitrogens with one attached hydrogen (secondary N) is 1. The predicted octanol–water partition coefficient (Wildman–Crippen LogP) is 4.20. The highest BCUT2D eigenvalue weighted by Crippen LogP contribution is 2.40. The third-order valence-electron chi connectivity index (χ3n) is 6.16. The molecule has 1 fully saturated rings. The second kappa shape index (κ2) is 10.2. The lowest BCUT2D eigenvalue weighted by Gasteiger charge is -2.20. The molecule has 2 atom stereocenters. The molecular formula is C22H29N5O2S2. The zero-order valence-electron chi connectivity index (χ0n) is 18.1. The molecule has 1 N–H and O–H groups in total. The summed E-state index contributed by atoms with van der Waals surface area (Å²) >= 11 is 2.96. The molecule has 0 saturated carbocycles. The summed E-state index contributed by atoms with van der Waals surface area (Å²) in [4.78, 5) is 14.0. The molecule has 1 aliphatic heterocycles. The van der Waals surface area contributed by atoms with E-state index < -0.39 is 0 Å². The molecule has 1 saturated heterocycles. The van der Waals surface area contributed by atoms with Gasteiger partial charge in [0.15, 0.2) is 5.16 Å². The molecule has 2 unspecified atom stereocenters. The maximum atomic E-state index is 12.7. The van der Waals surface area contributed by atoms with Crippen LogP contribution >= 0.6 is 23.1 Å². The molecule has 2 aromatic rings. The number of ether oxygens (including phenoxy) is 1. The summed E-state index contributed by atoms with van der Waals surface area (Å²) in [6.45, 7) is 5.82. The van der Waals surface area contributed by atoms with Crippen molar-refractivity contribution in [2.24, 2.45) is 5.92 Å². The first kappa shape index (κ1) is 22.3. The number of fused-ring (bicyclic) bond motifs is 1. The van der Waals surface area contributed by atoms with Crippen LogP contribution in [0.15, 0.2) is 5.16 Å². The Balaban J connectivity index is 1.41. The van der Waals surface area contributed by atoms with E-state index >= 15 is 0 Å². The number of hydrogen-bond acceptors (Lipinski definition) is 7. The summed E-state index contributed by atoms with van der Waals surface area (Å²) in [7, 11) is 0. The van der Waals surface area contributed by atoms with Crippen molar-refractivity contribution < 1.29 is 9.53 Å². The summed E-state index contributed by atoms with van der Waals surface area (Å²) in [5.41, 5.74) is 1.80. The number of nitrogens with zero attached hydrogens (tertiary/aromatic N) is 4. The minimum absolute atomic E-state index is 0.114. The number of amides is 1. The predicted molar refractivity (Wildman–Crippen MR) is 123 cm³/mol. The van der Waals surface area contributed by atoms with E-state index in [-0.39, 0.29) is 17.8 Å². The summed E-state index contributed by atoms with van der Waals surface area (Å²) in [6, 6.07) is 2.32. The maximum absolute atomic E-state index is 12.7.